The van der Waals surface area contributed by atoms with Gasteiger partial charge in [0, 0.05) is 43.0 Å². The molecular weight excluding hydrogens is 302 g/mol. The first-order valence-corrected chi connectivity index (χ1v) is 7.76. The number of hydrogen-bond donors (Lipinski definition) is 2. The van der Waals surface area contributed by atoms with Crippen LogP contribution in [-0.4, -0.2) is 51.9 Å². The molecule has 0 saturated carbocycles. The van der Waals surface area contributed by atoms with E-state index in [1.807, 2.05) is 30.5 Å². The lowest BCUT2D eigenvalue weighted by Gasteiger charge is -2.41. The van der Waals surface area contributed by atoms with Crippen molar-refractivity contribution in [3.63, 3.8) is 0 Å². The van der Waals surface area contributed by atoms with Gasteiger partial charge < -0.3 is 14.8 Å². The monoisotopic (exact) mass is 321 g/mol. The quantitative estimate of drug-likeness (QED) is 0.882. The van der Waals surface area contributed by atoms with Crippen molar-refractivity contribution < 1.29 is 9.84 Å². The second kappa shape index (κ2) is 6.79. The third kappa shape index (κ3) is 3.67. The number of aromatic amines is 1. The summed E-state index contributed by atoms with van der Waals surface area (Å²) in [6.07, 6.45) is 4.18. The van der Waals surface area contributed by atoms with Gasteiger partial charge in [-0.3, -0.25) is 4.90 Å². The van der Waals surface area contributed by atoms with Crippen LogP contribution in [0.1, 0.15) is 11.3 Å². The van der Waals surface area contributed by atoms with Crippen LogP contribution in [0, 0.1) is 0 Å². The van der Waals surface area contributed by atoms with E-state index >= 15 is 0 Å². The summed E-state index contributed by atoms with van der Waals surface area (Å²) in [6, 6.07) is 7.70. The van der Waals surface area contributed by atoms with Crippen LogP contribution >= 0.6 is 11.6 Å². The molecule has 5 nitrogen and oxygen atoms in total. The zero-order chi connectivity index (χ0) is 15.4. The second-order valence-corrected chi connectivity index (χ2v) is 6.22. The molecule has 0 spiro atoms. The smallest absolute Gasteiger partial charge is 0.108 e. The van der Waals surface area contributed by atoms with Gasteiger partial charge in [-0.15, -0.1) is 0 Å². The average molecular weight is 322 g/mol. The molecule has 1 aliphatic rings. The van der Waals surface area contributed by atoms with E-state index in [9.17, 15) is 5.11 Å². The second-order valence-electron chi connectivity index (χ2n) is 5.78. The van der Waals surface area contributed by atoms with Crippen molar-refractivity contribution >= 4 is 11.6 Å². The molecule has 2 N–H and O–H groups in total. The molecule has 0 unspecified atom stereocenters. The van der Waals surface area contributed by atoms with Crippen molar-refractivity contribution in [2.24, 2.45) is 0 Å². The zero-order valence-corrected chi connectivity index (χ0v) is 13.1. The van der Waals surface area contributed by atoms with Crippen LogP contribution in [-0.2, 0) is 17.7 Å². The summed E-state index contributed by atoms with van der Waals surface area (Å²) in [5, 5.41) is 10.6. The lowest BCUT2D eigenvalue weighted by Crippen LogP contribution is -2.55. The SMILES string of the molecule is OC[C@]1(Cc2ccc(Cl)cc2)CN(Cc2cnc[nH]2)CCO1. The molecule has 118 valence electrons. The highest BCUT2D eigenvalue weighted by Crippen LogP contribution is 2.24. The first-order valence-electron chi connectivity index (χ1n) is 7.38. The summed E-state index contributed by atoms with van der Waals surface area (Å²) in [7, 11) is 0. The average Bonchev–Trinajstić information content (AvgIpc) is 3.03. The van der Waals surface area contributed by atoms with Gasteiger partial charge in [0.15, 0.2) is 0 Å². The Hall–Kier alpha value is -1.40. The Labute approximate surface area is 134 Å². The molecule has 2 heterocycles. The van der Waals surface area contributed by atoms with Crippen LogP contribution in [0.5, 0.6) is 0 Å². The Kier molecular flexibility index (Phi) is 4.78. The third-order valence-corrected chi connectivity index (χ3v) is 4.26. The number of aliphatic hydroxyl groups is 1. The lowest BCUT2D eigenvalue weighted by atomic mass is 9.93. The molecule has 1 aliphatic heterocycles. The van der Waals surface area contributed by atoms with Gasteiger partial charge in [-0.05, 0) is 17.7 Å². The van der Waals surface area contributed by atoms with Crippen LogP contribution in [0.15, 0.2) is 36.8 Å². The van der Waals surface area contributed by atoms with E-state index in [4.69, 9.17) is 16.3 Å². The number of ether oxygens (including phenoxy) is 1. The highest BCUT2D eigenvalue weighted by molar-refractivity contribution is 6.30. The summed E-state index contributed by atoms with van der Waals surface area (Å²) in [6.45, 7) is 2.93. The van der Waals surface area contributed by atoms with Gasteiger partial charge in [-0.2, -0.15) is 0 Å². The maximum Gasteiger partial charge on any atom is 0.108 e. The van der Waals surface area contributed by atoms with Crippen LogP contribution in [0.2, 0.25) is 5.02 Å². The normalized spacial score (nSPS) is 22.8. The maximum atomic E-state index is 9.90. The Morgan fingerprint density at radius 3 is 2.86 bits per heavy atom. The van der Waals surface area contributed by atoms with Crippen molar-refractivity contribution in [2.45, 2.75) is 18.6 Å². The largest absolute Gasteiger partial charge is 0.393 e. The number of H-pyrrole nitrogens is 1. The molecule has 1 aromatic carbocycles. The minimum atomic E-state index is -0.563. The van der Waals surface area contributed by atoms with Gasteiger partial charge in [0.1, 0.15) is 5.60 Å². The first-order chi connectivity index (χ1) is 10.7. The number of imidazole rings is 1. The Morgan fingerprint density at radius 1 is 1.36 bits per heavy atom. The minimum absolute atomic E-state index is 0.00486. The first kappa shape index (κ1) is 15.5. The molecule has 0 aliphatic carbocycles. The van der Waals surface area contributed by atoms with E-state index in [0.717, 1.165) is 24.3 Å². The highest BCUT2D eigenvalue weighted by atomic mass is 35.5. The molecule has 22 heavy (non-hydrogen) atoms. The fraction of sp³-hybridized carbons (Fsp3) is 0.438. The molecule has 1 aromatic heterocycles. The number of hydrogen-bond acceptors (Lipinski definition) is 4. The fourth-order valence-corrected chi connectivity index (χ4v) is 3.03. The summed E-state index contributed by atoms with van der Waals surface area (Å²) >= 11 is 5.93. The molecule has 1 atom stereocenters. The maximum absolute atomic E-state index is 9.90. The van der Waals surface area contributed by atoms with Gasteiger partial charge in [-0.25, -0.2) is 4.98 Å². The van der Waals surface area contributed by atoms with Gasteiger partial charge >= 0.3 is 0 Å². The Bertz CT molecular complexity index is 588. The number of aliphatic hydroxyl groups excluding tert-OH is 1. The number of morpholine rings is 1. The molecule has 1 saturated heterocycles. The standard InChI is InChI=1S/C16H20ClN3O2/c17-14-3-1-13(2-4-14)7-16(11-21)10-20(5-6-22-16)9-15-8-18-12-19-15/h1-4,8,12,21H,5-7,9-11H2,(H,18,19)/t16-/m0/s1. The van der Waals surface area contributed by atoms with Gasteiger partial charge in [-0.1, -0.05) is 23.7 Å². The zero-order valence-electron chi connectivity index (χ0n) is 12.3. The van der Waals surface area contributed by atoms with Crippen molar-refractivity contribution in [3.05, 3.63) is 53.1 Å². The van der Waals surface area contributed by atoms with Crippen molar-refractivity contribution in [1.29, 1.82) is 0 Å². The fourth-order valence-electron chi connectivity index (χ4n) is 2.90. The van der Waals surface area contributed by atoms with E-state index in [-0.39, 0.29) is 6.61 Å². The molecule has 3 rings (SSSR count). The van der Waals surface area contributed by atoms with Crippen LogP contribution in [0.4, 0.5) is 0 Å². The van der Waals surface area contributed by atoms with Gasteiger partial charge in [0.2, 0.25) is 0 Å². The molecule has 0 amide bonds. The van der Waals surface area contributed by atoms with E-state index < -0.39 is 5.60 Å². The number of nitrogens with one attached hydrogen (secondary N) is 1. The van der Waals surface area contributed by atoms with Crippen LogP contribution in [0.25, 0.3) is 0 Å². The third-order valence-electron chi connectivity index (χ3n) is 4.00. The van der Waals surface area contributed by atoms with Crippen LogP contribution < -0.4 is 0 Å². The number of halogens is 1. The lowest BCUT2D eigenvalue weighted by molar-refractivity contribution is -0.134. The number of benzene rings is 1. The Balaban J connectivity index is 1.69. The number of nitrogens with zero attached hydrogens (tertiary/aromatic N) is 2. The summed E-state index contributed by atoms with van der Waals surface area (Å²) < 4.78 is 5.95. The molecule has 6 heteroatoms. The molecule has 0 radical (unpaired) electrons. The molecule has 1 fully saturated rings. The number of aromatic nitrogens is 2. The van der Waals surface area contributed by atoms with Crippen molar-refractivity contribution in [2.75, 3.05) is 26.3 Å². The van der Waals surface area contributed by atoms with Gasteiger partial charge in [0.25, 0.3) is 0 Å². The highest BCUT2D eigenvalue weighted by Gasteiger charge is 2.36. The van der Waals surface area contributed by atoms with E-state index in [1.54, 1.807) is 6.33 Å². The van der Waals surface area contributed by atoms with E-state index in [1.165, 1.54) is 0 Å². The predicted octanol–water partition coefficient (Wildman–Crippen LogP) is 1.87. The van der Waals surface area contributed by atoms with Crippen molar-refractivity contribution in [1.82, 2.24) is 14.9 Å². The minimum Gasteiger partial charge on any atom is -0.393 e. The summed E-state index contributed by atoms with van der Waals surface area (Å²) in [4.78, 5) is 9.44. The van der Waals surface area contributed by atoms with Crippen LogP contribution in [0.3, 0.4) is 0 Å². The molecule has 2 aromatic rings. The molecular formula is C16H20ClN3O2. The van der Waals surface area contributed by atoms with Crippen molar-refractivity contribution in [3.8, 4) is 0 Å². The summed E-state index contributed by atoms with van der Waals surface area (Å²) in [5.41, 5.74) is 1.62. The topological polar surface area (TPSA) is 61.4 Å². The molecule has 0 bridgehead atoms. The number of rotatable bonds is 5. The Morgan fingerprint density at radius 2 is 2.18 bits per heavy atom. The van der Waals surface area contributed by atoms with E-state index in [0.29, 0.717) is 24.6 Å². The van der Waals surface area contributed by atoms with E-state index in [2.05, 4.69) is 14.9 Å². The predicted molar refractivity (Wildman–Crippen MR) is 84.8 cm³/mol. The van der Waals surface area contributed by atoms with Gasteiger partial charge in [0.05, 0.1) is 19.5 Å². The summed E-state index contributed by atoms with van der Waals surface area (Å²) in [5.74, 6) is 0.